The fourth-order valence-corrected chi connectivity index (χ4v) is 3.03. The molecule has 1 N–H and O–H groups in total. The number of imidazole rings is 1. The number of fused-ring (bicyclic) bond motifs is 1. The maximum atomic E-state index is 11.8. The van der Waals surface area contributed by atoms with Gasteiger partial charge >= 0.3 is 0 Å². The minimum Gasteiger partial charge on any atom is -0.353 e. The number of nitrogens with zero attached hydrogens (tertiary/aromatic N) is 2. The first kappa shape index (κ1) is 15.9. The predicted octanol–water partition coefficient (Wildman–Crippen LogP) is 3.31. The van der Waals surface area contributed by atoms with Crippen LogP contribution in [0.25, 0.3) is 11.0 Å². The number of rotatable bonds is 6. The Labute approximate surface area is 130 Å². The quantitative estimate of drug-likeness (QED) is 0.833. The molecule has 0 unspecified atom stereocenters. The van der Waals surface area contributed by atoms with E-state index in [0.29, 0.717) is 11.7 Å². The highest BCUT2D eigenvalue weighted by Gasteiger charge is 2.13. The van der Waals surface area contributed by atoms with E-state index in [-0.39, 0.29) is 11.9 Å². The zero-order chi connectivity index (χ0) is 15.4. The van der Waals surface area contributed by atoms with Crippen molar-refractivity contribution in [1.82, 2.24) is 14.9 Å². The zero-order valence-corrected chi connectivity index (χ0v) is 13.9. The summed E-state index contributed by atoms with van der Waals surface area (Å²) in [6.07, 6.45) is 0. The molecule has 4 nitrogen and oxygen atoms in total. The van der Waals surface area contributed by atoms with Crippen molar-refractivity contribution in [1.29, 1.82) is 0 Å². The van der Waals surface area contributed by atoms with Crippen molar-refractivity contribution in [2.24, 2.45) is 5.92 Å². The molecule has 0 saturated heterocycles. The Kier molecular flexibility index (Phi) is 5.28. The second-order valence-electron chi connectivity index (χ2n) is 5.90. The van der Waals surface area contributed by atoms with Crippen LogP contribution in [0.4, 0.5) is 0 Å². The van der Waals surface area contributed by atoms with E-state index in [1.54, 1.807) is 0 Å². The van der Waals surface area contributed by atoms with Crippen LogP contribution >= 0.6 is 11.8 Å². The highest BCUT2D eigenvalue weighted by molar-refractivity contribution is 7.99. The minimum atomic E-state index is 0.0538. The summed E-state index contributed by atoms with van der Waals surface area (Å²) in [5, 5.41) is 3.83. The number of benzene rings is 1. The Morgan fingerprint density at radius 2 is 2.00 bits per heavy atom. The van der Waals surface area contributed by atoms with Crippen LogP contribution in [0.2, 0.25) is 0 Å². The molecule has 114 valence electrons. The van der Waals surface area contributed by atoms with Gasteiger partial charge in [-0.3, -0.25) is 4.79 Å². The van der Waals surface area contributed by atoms with Crippen molar-refractivity contribution in [2.75, 3.05) is 5.75 Å². The van der Waals surface area contributed by atoms with Crippen LogP contribution in [0, 0.1) is 5.92 Å². The van der Waals surface area contributed by atoms with Gasteiger partial charge in [-0.05, 0) is 31.9 Å². The Hall–Kier alpha value is -1.49. The predicted molar refractivity (Wildman–Crippen MR) is 88.6 cm³/mol. The van der Waals surface area contributed by atoms with E-state index in [2.05, 4.69) is 34.8 Å². The van der Waals surface area contributed by atoms with Crippen molar-refractivity contribution in [3.63, 3.8) is 0 Å². The zero-order valence-electron chi connectivity index (χ0n) is 13.1. The topological polar surface area (TPSA) is 46.9 Å². The van der Waals surface area contributed by atoms with Gasteiger partial charge in [0.25, 0.3) is 0 Å². The molecule has 1 amide bonds. The molecule has 0 spiro atoms. The van der Waals surface area contributed by atoms with E-state index in [1.165, 1.54) is 11.8 Å². The Balaban J connectivity index is 2.19. The number of carbonyl (C=O) groups excluding carboxylic acids is 1. The van der Waals surface area contributed by atoms with Gasteiger partial charge in [0.2, 0.25) is 5.91 Å². The molecule has 0 atom stereocenters. The van der Waals surface area contributed by atoms with Crippen LogP contribution in [-0.4, -0.2) is 27.3 Å². The van der Waals surface area contributed by atoms with Crippen LogP contribution in [0.15, 0.2) is 29.4 Å². The van der Waals surface area contributed by atoms with Crippen LogP contribution in [-0.2, 0) is 11.3 Å². The first-order chi connectivity index (χ1) is 9.97. The number of para-hydroxylation sites is 2. The summed E-state index contributed by atoms with van der Waals surface area (Å²) in [7, 11) is 0. The maximum Gasteiger partial charge on any atom is 0.230 e. The number of hydrogen-bond acceptors (Lipinski definition) is 3. The van der Waals surface area contributed by atoms with E-state index in [4.69, 9.17) is 0 Å². The molecule has 2 rings (SSSR count). The Morgan fingerprint density at radius 3 is 2.67 bits per heavy atom. The molecule has 0 aliphatic heterocycles. The van der Waals surface area contributed by atoms with Crippen LogP contribution < -0.4 is 5.32 Å². The summed E-state index contributed by atoms with van der Waals surface area (Å²) in [4.78, 5) is 16.5. The van der Waals surface area contributed by atoms with Crippen molar-refractivity contribution in [3.8, 4) is 0 Å². The van der Waals surface area contributed by atoms with Crippen LogP contribution in [0.3, 0.4) is 0 Å². The lowest BCUT2D eigenvalue weighted by molar-refractivity contribution is -0.119. The molecule has 0 bridgehead atoms. The third-order valence-electron chi connectivity index (χ3n) is 2.95. The molecule has 5 heteroatoms. The molecule has 0 radical (unpaired) electrons. The molecular formula is C16H23N3OS. The van der Waals surface area contributed by atoms with Gasteiger partial charge in [-0.1, -0.05) is 37.7 Å². The van der Waals surface area contributed by atoms with E-state index in [1.807, 2.05) is 32.0 Å². The standard InChI is InChI=1S/C16H23N3OS/c1-11(2)9-19-14-8-6-5-7-13(14)18-16(19)21-10-15(20)17-12(3)4/h5-8,11-12H,9-10H2,1-4H3,(H,17,20). The number of hydrogen-bond donors (Lipinski definition) is 1. The molecule has 1 aromatic carbocycles. The third kappa shape index (κ3) is 4.24. The number of amides is 1. The fourth-order valence-electron chi connectivity index (χ4n) is 2.20. The summed E-state index contributed by atoms with van der Waals surface area (Å²) in [5.74, 6) is 0.990. The van der Waals surface area contributed by atoms with Crippen molar-refractivity contribution < 1.29 is 4.79 Å². The van der Waals surface area contributed by atoms with Crippen LogP contribution in [0.5, 0.6) is 0 Å². The molecule has 0 fully saturated rings. The lowest BCUT2D eigenvalue weighted by atomic mass is 10.2. The number of nitrogens with one attached hydrogen (secondary N) is 1. The highest BCUT2D eigenvalue weighted by atomic mass is 32.2. The molecule has 21 heavy (non-hydrogen) atoms. The van der Waals surface area contributed by atoms with E-state index < -0.39 is 0 Å². The minimum absolute atomic E-state index is 0.0538. The molecule has 2 aromatic rings. The summed E-state index contributed by atoms with van der Waals surface area (Å²) < 4.78 is 2.22. The van der Waals surface area contributed by atoms with E-state index >= 15 is 0 Å². The second kappa shape index (κ2) is 6.98. The first-order valence-electron chi connectivity index (χ1n) is 7.34. The summed E-state index contributed by atoms with van der Waals surface area (Å²) in [6, 6.07) is 8.30. The summed E-state index contributed by atoms with van der Waals surface area (Å²) in [5.41, 5.74) is 2.13. The second-order valence-corrected chi connectivity index (χ2v) is 6.84. The van der Waals surface area contributed by atoms with Gasteiger partial charge in [-0.2, -0.15) is 0 Å². The van der Waals surface area contributed by atoms with Gasteiger partial charge in [0.05, 0.1) is 16.8 Å². The van der Waals surface area contributed by atoms with E-state index in [9.17, 15) is 4.79 Å². The van der Waals surface area contributed by atoms with Gasteiger partial charge in [0.15, 0.2) is 5.16 Å². The van der Waals surface area contributed by atoms with Gasteiger partial charge in [0.1, 0.15) is 0 Å². The van der Waals surface area contributed by atoms with Gasteiger partial charge in [0, 0.05) is 12.6 Å². The average molecular weight is 305 g/mol. The van der Waals surface area contributed by atoms with E-state index in [0.717, 1.165) is 22.7 Å². The number of aromatic nitrogens is 2. The molecule has 1 heterocycles. The highest BCUT2D eigenvalue weighted by Crippen LogP contribution is 2.25. The Morgan fingerprint density at radius 1 is 1.29 bits per heavy atom. The molecule has 0 aliphatic rings. The smallest absolute Gasteiger partial charge is 0.230 e. The van der Waals surface area contributed by atoms with Crippen molar-refractivity contribution in [2.45, 2.75) is 45.4 Å². The first-order valence-corrected chi connectivity index (χ1v) is 8.33. The largest absolute Gasteiger partial charge is 0.353 e. The Bertz CT molecular complexity index is 619. The molecule has 1 aromatic heterocycles. The number of carbonyl (C=O) groups is 1. The maximum absolute atomic E-state index is 11.8. The third-order valence-corrected chi connectivity index (χ3v) is 3.93. The lowest BCUT2D eigenvalue weighted by Gasteiger charge is -2.12. The van der Waals surface area contributed by atoms with Gasteiger partial charge < -0.3 is 9.88 Å². The SMILES string of the molecule is CC(C)Cn1c(SCC(=O)NC(C)C)nc2ccccc21. The van der Waals surface area contributed by atoms with Gasteiger partial charge in [-0.25, -0.2) is 4.98 Å². The summed E-state index contributed by atoms with van der Waals surface area (Å²) >= 11 is 1.50. The normalized spacial score (nSPS) is 11.5. The van der Waals surface area contributed by atoms with Gasteiger partial charge in [-0.15, -0.1) is 0 Å². The monoisotopic (exact) mass is 305 g/mol. The average Bonchev–Trinajstić information content (AvgIpc) is 2.73. The lowest BCUT2D eigenvalue weighted by Crippen LogP contribution is -2.31. The van der Waals surface area contributed by atoms with Crippen molar-refractivity contribution in [3.05, 3.63) is 24.3 Å². The fraction of sp³-hybridized carbons (Fsp3) is 0.500. The molecular weight excluding hydrogens is 282 g/mol. The number of thioether (sulfide) groups is 1. The van der Waals surface area contributed by atoms with Crippen molar-refractivity contribution >= 4 is 28.7 Å². The molecule has 0 saturated carbocycles. The molecule has 0 aliphatic carbocycles. The summed E-state index contributed by atoms with van der Waals surface area (Å²) in [6.45, 7) is 9.23. The van der Waals surface area contributed by atoms with Crippen LogP contribution in [0.1, 0.15) is 27.7 Å².